The van der Waals surface area contributed by atoms with Crippen LogP contribution in [0.1, 0.15) is 10.4 Å². The van der Waals surface area contributed by atoms with E-state index in [4.69, 9.17) is 5.73 Å². The van der Waals surface area contributed by atoms with Gasteiger partial charge in [-0.2, -0.15) is 0 Å². The second-order valence-electron chi connectivity index (χ2n) is 3.13. The molecule has 0 amide bonds. The molecule has 0 radical (unpaired) electrons. The zero-order valence-electron chi connectivity index (χ0n) is 8.23. The number of methoxy groups -OCH3 is 1. The van der Waals surface area contributed by atoms with Crippen LogP contribution in [-0.2, 0) is 4.74 Å². The summed E-state index contributed by atoms with van der Waals surface area (Å²) in [6.07, 6.45) is 1.66. The molecule has 1 aromatic carbocycles. The summed E-state index contributed by atoms with van der Waals surface area (Å²) in [6, 6.07) is 6.92. The van der Waals surface area contributed by atoms with Gasteiger partial charge in [0.2, 0.25) is 0 Å². The fraction of sp³-hybridized carbons (Fsp3) is 0.0909. The van der Waals surface area contributed by atoms with Crippen LogP contribution in [0.4, 0.5) is 5.69 Å². The maximum atomic E-state index is 11.3. The van der Waals surface area contributed by atoms with Crippen LogP contribution in [0.3, 0.4) is 0 Å². The van der Waals surface area contributed by atoms with Crippen LogP contribution in [0.5, 0.6) is 0 Å². The number of carbonyl (C=O) groups is 1. The van der Waals surface area contributed by atoms with Crippen molar-refractivity contribution >= 4 is 22.6 Å². The Bertz CT molecular complexity index is 523. The van der Waals surface area contributed by atoms with Crippen LogP contribution in [-0.4, -0.2) is 18.1 Å². The number of nitrogen functional groups attached to an aromatic ring is 1. The Morgan fingerprint density at radius 2 is 2.27 bits per heavy atom. The van der Waals surface area contributed by atoms with Crippen LogP contribution < -0.4 is 5.73 Å². The van der Waals surface area contributed by atoms with Crippen LogP contribution in [0.15, 0.2) is 30.5 Å². The van der Waals surface area contributed by atoms with Crippen LogP contribution in [0, 0.1) is 0 Å². The molecule has 0 aliphatic carbocycles. The molecule has 0 saturated carbocycles. The lowest BCUT2D eigenvalue weighted by atomic mass is 10.1. The molecule has 0 bridgehead atoms. The zero-order valence-corrected chi connectivity index (χ0v) is 8.23. The third-order valence-electron chi connectivity index (χ3n) is 2.17. The van der Waals surface area contributed by atoms with Gasteiger partial charge in [0, 0.05) is 17.3 Å². The second kappa shape index (κ2) is 3.57. The molecule has 0 aliphatic rings. The summed E-state index contributed by atoms with van der Waals surface area (Å²) in [5, 5.41) is 0.838. The average Bonchev–Trinajstić information content (AvgIpc) is 2.28. The third-order valence-corrected chi connectivity index (χ3v) is 2.17. The molecule has 2 rings (SSSR count). The molecule has 0 spiro atoms. The number of pyridine rings is 1. The minimum atomic E-state index is -0.408. The quantitative estimate of drug-likeness (QED) is 0.563. The van der Waals surface area contributed by atoms with Gasteiger partial charge in [0.25, 0.3) is 0 Å². The number of nitrogens with zero attached hydrogens (tertiary/aromatic N) is 1. The first-order chi connectivity index (χ1) is 7.22. The highest BCUT2D eigenvalue weighted by molar-refractivity contribution is 5.99. The van der Waals surface area contributed by atoms with Crippen molar-refractivity contribution in [2.24, 2.45) is 0 Å². The van der Waals surface area contributed by atoms with E-state index in [0.29, 0.717) is 16.8 Å². The summed E-state index contributed by atoms with van der Waals surface area (Å²) in [7, 11) is 1.33. The zero-order chi connectivity index (χ0) is 10.8. The molecule has 4 heteroatoms. The van der Waals surface area contributed by atoms with Gasteiger partial charge in [-0.3, -0.25) is 4.98 Å². The fourth-order valence-electron chi connectivity index (χ4n) is 1.45. The van der Waals surface area contributed by atoms with Crippen molar-refractivity contribution in [2.75, 3.05) is 12.8 Å². The molecule has 1 heterocycles. The van der Waals surface area contributed by atoms with E-state index in [2.05, 4.69) is 9.72 Å². The van der Waals surface area contributed by atoms with Gasteiger partial charge in [0.1, 0.15) is 0 Å². The van der Waals surface area contributed by atoms with Gasteiger partial charge in [-0.1, -0.05) is 0 Å². The maximum absolute atomic E-state index is 11.3. The molecule has 0 fully saturated rings. The number of hydrogen-bond donors (Lipinski definition) is 1. The van der Waals surface area contributed by atoms with E-state index in [1.165, 1.54) is 7.11 Å². The molecule has 0 aliphatic heterocycles. The first-order valence-corrected chi connectivity index (χ1v) is 4.45. The smallest absolute Gasteiger partial charge is 0.338 e. The SMILES string of the molecule is COC(=O)c1cc(N)c2cccnc2c1. The van der Waals surface area contributed by atoms with E-state index in [-0.39, 0.29) is 0 Å². The van der Waals surface area contributed by atoms with E-state index in [1.54, 1.807) is 24.4 Å². The number of hydrogen-bond acceptors (Lipinski definition) is 4. The van der Waals surface area contributed by atoms with E-state index < -0.39 is 5.97 Å². The summed E-state index contributed by atoms with van der Waals surface area (Å²) < 4.78 is 4.62. The largest absolute Gasteiger partial charge is 0.465 e. The van der Waals surface area contributed by atoms with Gasteiger partial charge >= 0.3 is 5.97 Å². The monoisotopic (exact) mass is 202 g/mol. The van der Waals surface area contributed by atoms with Gasteiger partial charge in [0.15, 0.2) is 0 Å². The summed E-state index contributed by atoms with van der Waals surface area (Å²) in [4.78, 5) is 15.4. The number of ether oxygens (including phenoxy) is 1. The predicted molar refractivity (Wildman–Crippen MR) is 57.5 cm³/mol. The van der Waals surface area contributed by atoms with Crippen molar-refractivity contribution in [1.29, 1.82) is 0 Å². The van der Waals surface area contributed by atoms with Crippen molar-refractivity contribution in [3.8, 4) is 0 Å². The van der Waals surface area contributed by atoms with Crippen LogP contribution in [0.2, 0.25) is 0 Å². The lowest BCUT2D eigenvalue weighted by molar-refractivity contribution is 0.0601. The molecule has 2 aromatic rings. The highest BCUT2D eigenvalue weighted by Crippen LogP contribution is 2.21. The van der Waals surface area contributed by atoms with Gasteiger partial charge in [-0.05, 0) is 24.3 Å². The van der Waals surface area contributed by atoms with Crippen molar-refractivity contribution in [1.82, 2.24) is 4.98 Å². The van der Waals surface area contributed by atoms with Crippen molar-refractivity contribution < 1.29 is 9.53 Å². The van der Waals surface area contributed by atoms with Crippen molar-refractivity contribution in [3.63, 3.8) is 0 Å². The average molecular weight is 202 g/mol. The Labute approximate surface area is 86.7 Å². The molecule has 76 valence electrons. The molecule has 1 aromatic heterocycles. The van der Waals surface area contributed by atoms with Gasteiger partial charge < -0.3 is 10.5 Å². The van der Waals surface area contributed by atoms with Crippen LogP contribution >= 0.6 is 0 Å². The Morgan fingerprint density at radius 3 is 3.00 bits per heavy atom. The Kier molecular flexibility index (Phi) is 2.25. The molecule has 0 saturated heterocycles. The molecule has 0 unspecified atom stereocenters. The normalized spacial score (nSPS) is 10.2. The number of anilines is 1. The van der Waals surface area contributed by atoms with E-state index >= 15 is 0 Å². The number of nitrogens with two attached hydrogens (primary N) is 1. The first-order valence-electron chi connectivity index (χ1n) is 4.45. The van der Waals surface area contributed by atoms with E-state index in [9.17, 15) is 4.79 Å². The Hall–Kier alpha value is -2.10. The summed E-state index contributed by atoms with van der Waals surface area (Å²) in [5.41, 5.74) is 7.44. The third kappa shape index (κ3) is 1.61. The predicted octanol–water partition coefficient (Wildman–Crippen LogP) is 1.60. The Morgan fingerprint density at radius 1 is 1.47 bits per heavy atom. The highest BCUT2D eigenvalue weighted by atomic mass is 16.5. The summed E-state index contributed by atoms with van der Waals surface area (Å²) >= 11 is 0. The van der Waals surface area contributed by atoms with Gasteiger partial charge in [-0.15, -0.1) is 0 Å². The van der Waals surface area contributed by atoms with Gasteiger partial charge in [0.05, 0.1) is 18.2 Å². The lowest BCUT2D eigenvalue weighted by Crippen LogP contribution is -2.02. The maximum Gasteiger partial charge on any atom is 0.338 e. The number of aromatic nitrogens is 1. The van der Waals surface area contributed by atoms with Gasteiger partial charge in [-0.25, -0.2) is 4.79 Å². The highest BCUT2D eigenvalue weighted by Gasteiger charge is 2.08. The number of benzene rings is 1. The topological polar surface area (TPSA) is 65.2 Å². The number of rotatable bonds is 1. The van der Waals surface area contributed by atoms with Crippen LogP contribution in [0.25, 0.3) is 10.9 Å². The van der Waals surface area contributed by atoms with Crippen molar-refractivity contribution in [3.05, 3.63) is 36.0 Å². The minimum absolute atomic E-state index is 0.408. The molecule has 15 heavy (non-hydrogen) atoms. The number of esters is 1. The number of fused-ring (bicyclic) bond motifs is 1. The second-order valence-corrected chi connectivity index (χ2v) is 3.13. The standard InChI is InChI=1S/C11H10N2O2/c1-15-11(14)7-5-9(12)8-3-2-4-13-10(8)6-7/h2-6H,12H2,1H3. The molecular formula is C11H10N2O2. The Balaban J connectivity index is 2.67. The van der Waals surface area contributed by atoms with Crippen molar-refractivity contribution in [2.45, 2.75) is 0 Å². The molecule has 4 nitrogen and oxygen atoms in total. The molecule has 2 N–H and O–H groups in total. The molecular weight excluding hydrogens is 192 g/mol. The lowest BCUT2D eigenvalue weighted by Gasteiger charge is -2.04. The minimum Gasteiger partial charge on any atom is -0.465 e. The van der Waals surface area contributed by atoms with E-state index in [1.807, 2.05) is 6.07 Å². The first kappa shape index (κ1) is 9.45. The van der Waals surface area contributed by atoms with E-state index in [0.717, 1.165) is 5.39 Å². The summed E-state index contributed by atoms with van der Waals surface area (Å²) in [5.74, 6) is -0.408. The number of carbonyl (C=O) groups excluding carboxylic acids is 1. The molecule has 0 atom stereocenters. The summed E-state index contributed by atoms with van der Waals surface area (Å²) in [6.45, 7) is 0. The fourth-order valence-corrected chi connectivity index (χ4v) is 1.45.